The van der Waals surface area contributed by atoms with Gasteiger partial charge in [-0.2, -0.15) is 0 Å². The van der Waals surface area contributed by atoms with Crippen LogP contribution in [-0.4, -0.2) is 60.5 Å². The van der Waals surface area contributed by atoms with Gasteiger partial charge in [0.15, 0.2) is 0 Å². The molecule has 3 aliphatic heterocycles. The third-order valence-corrected chi connectivity index (χ3v) is 6.37. The Hall–Kier alpha value is 0.230. The van der Waals surface area contributed by atoms with Crippen LogP contribution in [0.1, 0.15) is 33.1 Å². The average Bonchev–Trinajstić information content (AvgIpc) is 2.80. The minimum absolute atomic E-state index is 0.502. The molecule has 110 valence electrons. The summed E-state index contributed by atoms with van der Waals surface area (Å²) in [5.41, 5.74) is 0. The molecule has 0 aliphatic carbocycles. The summed E-state index contributed by atoms with van der Waals surface area (Å²) in [4.78, 5) is 2.58. The van der Waals surface area contributed by atoms with Gasteiger partial charge in [-0.05, 0) is 39.0 Å². The molecule has 3 aliphatic rings. The van der Waals surface area contributed by atoms with E-state index in [0.29, 0.717) is 16.9 Å². The molecule has 0 aromatic rings. The maximum absolute atomic E-state index is 6.17. The van der Waals surface area contributed by atoms with Gasteiger partial charge >= 0.3 is 0 Å². The van der Waals surface area contributed by atoms with Gasteiger partial charge in [0.05, 0.1) is 6.10 Å². The van der Waals surface area contributed by atoms with Gasteiger partial charge in [-0.3, -0.25) is 4.90 Å². The number of thioether (sulfide) groups is 1. The zero-order valence-electron chi connectivity index (χ0n) is 12.3. The van der Waals surface area contributed by atoms with Crippen LogP contribution >= 0.6 is 11.8 Å². The summed E-state index contributed by atoms with van der Waals surface area (Å²) in [5.74, 6) is 1.94. The van der Waals surface area contributed by atoms with Crippen molar-refractivity contribution >= 4 is 11.8 Å². The van der Waals surface area contributed by atoms with Crippen LogP contribution in [0.3, 0.4) is 0 Å². The molecular weight excluding hydrogens is 258 g/mol. The highest BCUT2D eigenvalue weighted by Crippen LogP contribution is 2.46. The SMILES string of the molecule is CC(C)N1CC2(C[C@@H](OCC3CCOCC3)CS2)C1. The second-order valence-corrected chi connectivity index (χ2v) is 8.20. The van der Waals surface area contributed by atoms with Crippen molar-refractivity contribution in [1.82, 2.24) is 4.90 Å². The van der Waals surface area contributed by atoms with E-state index >= 15 is 0 Å². The lowest BCUT2D eigenvalue weighted by molar-refractivity contribution is -0.0150. The van der Waals surface area contributed by atoms with Crippen LogP contribution in [0.15, 0.2) is 0 Å². The van der Waals surface area contributed by atoms with Gasteiger partial charge in [0, 0.05) is 49.5 Å². The highest BCUT2D eigenvalue weighted by atomic mass is 32.2. The standard InChI is InChI=1S/C15H27NO2S/c1-12(2)16-10-15(11-16)7-14(9-19-15)18-8-13-3-5-17-6-4-13/h12-14H,3-11H2,1-2H3/t14-/m1/s1. The van der Waals surface area contributed by atoms with Crippen molar-refractivity contribution in [2.24, 2.45) is 5.92 Å². The summed E-state index contributed by atoms with van der Waals surface area (Å²) in [7, 11) is 0. The number of rotatable bonds is 4. The molecule has 3 nitrogen and oxygen atoms in total. The van der Waals surface area contributed by atoms with Crippen molar-refractivity contribution in [3.63, 3.8) is 0 Å². The predicted octanol–water partition coefficient (Wildman–Crippen LogP) is 2.40. The van der Waals surface area contributed by atoms with E-state index in [9.17, 15) is 0 Å². The number of hydrogen-bond acceptors (Lipinski definition) is 4. The Morgan fingerprint density at radius 2 is 2.05 bits per heavy atom. The first-order valence-electron chi connectivity index (χ1n) is 7.74. The van der Waals surface area contributed by atoms with Gasteiger partial charge in [0.2, 0.25) is 0 Å². The first-order chi connectivity index (χ1) is 9.17. The van der Waals surface area contributed by atoms with Crippen LogP contribution in [-0.2, 0) is 9.47 Å². The highest BCUT2D eigenvalue weighted by molar-refractivity contribution is 8.01. The van der Waals surface area contributed by atoms with E-state index in [0.717, 1.165) is 25.7 Å². The fraction of sp³-hybridized carbons (Fsp3) is 1.00. The Kier molecular flexibility index (Phi) is 4.42. The molecule has 0 amide bonds. The maximum atomic E-state index is 6.17. The van der Waals surface area contributed by atoms with Crippen LogP contribution in [0.5, 0.6) is 0 Å². The fourth-order valence-electron chi connectivity index (χ4n) is 3.37. The summed E-state index contributed by atoms with van der Waals surface area (Å²) in [6, 6.07) is 0.702. The molecule has 3 heterocycles. The monoisotopic (exact) mass is 285 g/mol. The molecule has 1 spiro atoms. The van der Waals surface area contributed by atoms with Crippen molar-refractivity contribution < 1.29 is 9.47 Å². The highest BCUT2D eigenvalue weighted by Gasteiger charge is 2.49. The van der Waals surface area contributed by atoms with Crippen LogP contribution in [0.4, 0.5) is 0 Å². The molecule has 0 aromatic heterocycles. The number of nitrogens with zero attached hydrogens (tertiary/aromatic N) is 1. The Morgan fingerprint density at radius 1 is 1.32 bits per heavy atom. The second-order valence-electron chi connectivity index (χ2n) is 6.71. The number of ether oxygens (including phenoxy) is 2. The van der Waals surface area contributed by atoms with E-state index < -0.39 is 0 Å². The van der Waals surface area contributed by atoms with Gasteiger partial charge in [0.25, 0.3) is 0 Å². The lowest BCUT2D eigenvalue weighted by Crippen LogP contribution is -2.60. The van der Waals surface area contributed by atoms with E-state index in [-0.39, 0.29) is 0 Å². The Labute approximate surface area is 121 Å². The van der Waals surface area contributed by atoms with E-state index in [1.54, 1.807) is 0 Å². The van der Waals surface area contributed by atoms with E-state index in [1.807, 2.05) is 0 Å². The smallest absolute Gasteiger partial charge is 0.0680 e. The molecule has 3 fully saturated rings. The number of likely N-dealkylation sites (tertiary alicyclic amines) is 1. The molecule has 19 heavy (non-hydrogen) atoms. The van der Waals surface area contributed by atoms with Crippen molar-refractivity contribution in [3.05, 3.63) is 0 Å². The molecule has 0 unspecified atom stereocenters. The minimum Gasteiger partial charge on any atom is -0.381 e. The maximum Gasteiger partial charge on any atom is 0.0680 e. The minimum atomic E-state index is 0.502. The molecule has 1 atom stereocenters. The van der Waals surface area contributed by atoms with Gasteiger partial charge in [-0.25, -0.2) is 0 Å². The summed E-state index contributed by atoms with van der Waals surface area (Å²) < 4.78 is 12.1. The van der Waals surface area contributed by atoms with Gasteiger partial charge in [0.1, 0.15) is 0 Å². The van der Waals surface area contributed by atoms with Crippen LogP contribution in [0.2, 0.25) is 0 Å². The Balaban J connectivity index is 1.38. The molecule has 3 saturated heterocycles. The predicted molar refractivity (Wildman–Crippen MR) is 79.8 cm³/mol. The topological polar surface area (TPSA) is 21.7 Å². The Morgan fingerprint density at radius 3 is 2.74 bits per heavy atom. The van der Waals surface area contributed by atoms with Crippen molar-refractivity contribution in [2.45, 2.75) is 50.0 Å². The summed E-state index contributed by atoms with van der Waals surface area (Å²) >= 11 is 2.16. The van der Waals surface area contributed by atoms with E-state index in [2.05, 4.69) is 30.5 Å². The first kappa shape index (κ1) is 14.2. The summed E-state index contributed by atoms with van der Waals surface area (Å²) in [6.45, 7) is 9.95. The first-order valence-corrected chi connectivity index (χ1v) is 8.73. The number of hydrogen-bond donors (Lipinski definition) is 0. The van der Waals surface area contributed by atoms with Crippen molar-refractivity contribution in [1.29, 1.82) is 0 Å². The molecule has 0 radical (unpaired) electrons. The van der Waals surface area contributed by atoms with Crippen LogP contribution in [0, 0.1) is 5.92 Å². The molecule has 3 rings (SSSR count). The zero-order valence-corrected chi connectivity index (χ0v) is 13.1. The summed E-state index contributed by atoms with van der Waals surface area (Å²) in [6.07, 6.45) is 4.14. The lowest BCUT2D eigenvalue weighted by atomic mass is 9.91. The average molecular weight is 285 g/mol. The second kappa shape index (κ2) is 5.92. The van der Waals surface area contributed by atoms with E-state index in [4.69, 9.17) is 9.47 Å². The van der Waals surface area contributed by atoms with Crippen LogP contribution in [0.25, 0.3) is 0 Å². The van der Waals surface area contributed by atoms with Gasteiger partial charge < -0.3 is 9.47 Å². The molecular formula is C15H27NO2S. The van der Waals surface area contributed by atoms with E-state index in [1.165, 1.54) is 38.1 Å². The molecule has 0 saturated carbocycles. The molecule has 4 heteroatoms. The third kappa shape index (κ3) is 3.29. The van der Waals surface area contributed by atoms with Gasteiger partial charge in [-0.1, -0.05) is 0 Å². The van der Waals surface area contributed by atoms with Gasteiger partial charge in [-0.15, -0.1) is 11.8 Å². The molecule has 0 bridgehead atoms. The van der Waals surface area contributed by atoms with Crippen molar-refractivity contribution in [2.75, 3.05) is 38.7 Å². The zero-order chi connectivity index (χ0) is 13.3. The molecule has 0 N–H and O–H groups in total. The summed E-state index contributed by atoms with van der Waals surface area (Å²) in [5, 5.41) is 0. The molecule has 0 aromatic carbocycles. The largest absolute Gasteiger partial charge is 0.381 e. The normalized spacial score (nSPS) is 32.1. The van der Waals surface area contributed by atoms with Crippen molar-refractivity contribution in [3.8, 4) is 0 Å². The fourth-order valence-corrected chi connectivity index (χ4v) is 4.95. The lowest BCUT2D eigenvalue weighted by Gasteiger charge is -2.49. The third-order valence-electron chi connectivity index (χ3n) is 4.80. The van der Waals surface area contributed by atoms with Crippen LogP contribution < -0.4 is 0 Å². The Bertz CT molecular complexity index is 299. The quantitative estimate of drug-likeness (QED) is 0.790.